The van der Waals surface area contributed by atoms with Gasteiger partial charge in [-0.3, -0.25) is 4.79 Å². The minimum Gasteiger partial charge on any atom is -0.303 e. The van der Waals surface area contributed by atoms with E-state index >= 15 is 0 Å². The molecule has 3 aliphatic rings. The molecule has 0 N–H and O–H groups in total. The fraction of sp³-hybridized carbons (Fsp3) is 0.536. The Balaban J connectivity index is 0.00000245. The van der Waals surface area contributed by atoms with Crippen LogP contribution in [-0.4, -0.2) is 30.3 Å². The predicted molar refractivity (Wildman–Crippen MR) is 138 cm³/mol. The van der Waals surface area contributed by atoms with Crippen LogP contribution in [0.15, 0.2) is 41.3 Å². The van der Waals surface area contributed by atoms with Gasteiger partial charge in [0.05, 0.1) is 4.88 Å². The molecule has 0 radical (unpaired) electrons. The van der Waals surface area contributed by atoms with E-state index in [2.05, 4.69) is 40.6 Å². The number of rotatable bonds is 5. The summed E-state index contributed by atoms with van der Waals surface area (Å²) >= 11 is 1.62. The number of Topliss-reactive ketones (excluding diaryl/α,β-unsaturated/α-hetero) is 1. The van der Waals surface area contributed by atoms with Crippen LogP contribution < -0.4 is 0 Å². The van der Waals surface area contributed by atoms with Crippen LogP contribution in [0.4, 0.5) is 0 Å². The normalized spacial score (nSPS) is 19.8. The lowest BCUT2D eigenvalue weighted by Crippen LogP contribution is -2.32. The number of carbonyl (C=O) groups excluding carboxylic acids is 1. The third-order valence-corrected chi connectivity index (χ3v) is 8.66. The van der Waals surface area contributed by atoms with Crippen LogP contribution in [0.1, 0.15) is 90.6 Å². The molecule has 5 rings (SSSR count). The second-order valence-electron chi connectivity index (χ2n) is 9.74. The number of piperidine rings is 1. The molecule has 2 aliphatic carbocycles. The fourth-order valence-corrected chi connectivity index (χ4v) is 6.80. The number of thiophene rings is 1. The molecule has 0 spiro atoms. The van der Waals surface area contributed by atoms with Gasteiger partial charge in [0, 0.05) is 25.1 Å². The highest BCUT2D eigenvalue weighted by Crippen LogP contribution is 2.40. The Kier molecular flexibility index (Phi) is 8.26. The van der Waals surface area contributed by atoms with E-state index < -0.39 is 0 Å². The predicted octanol–water partition coefficient (Wildman–Crippen LogP) is 7.56. The van der Waals surface area contributed by atoms with Crippen molar-refractivity contribution in [3.8, 4) is 0 Å². The van der Waals surface area contributed by atoms with Crippen molar-refractivity contribution in [2.24, 2.45) is 5.92 Å². The molecule has 172 valence electrons. The van der Waals surface area contributed by atoms with Gasteiger partial charge in [0.1, 0.15) is 0 Å². The molecule has 32 heavy (non-hydrogen) atoms. The summed E-state index contributed by atoms with van der Waals surface area (Å²) in [5.41, 5.74) is 6.61. The Bertz CT molecular complexity index is 946. The third-order valence-electron chi connectivity index (χ3n) is 7.70. The topological polar surface area (TPSA) is 20.3 Å². The number of nitrogens with zero attached hydrogens (tertiary/aromatic N) is 1. The number of unbranched alkanes of at least 4 members (excludes halogenated alkanes) is 1. The van der Waals surface area contributed by atoms with E-state index in [4.69, 9.17) is 0 Å². The summed E-state index contributed by atoms with van der Waals surface area (Å²) in [5.74, 6) is 1.30. The second kappa shape index (κ2) is 11.1. The Hall–Kier alpha value is -1.42. The summed E-state index contributed by atoms with van der Waals surface area (Å²) in [4.78, 5) is 16.5. The van der Waals surface area contributed by atoms with Crippen molar-refractivity contribution in [1.82, 2.24) is 4.90 Å². The first kappa shape index (κ1) is 23.7. The smallest absolute Gasteiger partial charge is 0.177 e. The number of likely N-dealkylation sites (tertiary alicyclic amines) is 1. The van der Waals surface area contributed by atoms with E-state index in [9.17, 15) is 4.79 Å². The van der Waals surface area contributed by atoms with E-state index in [1.165, 1.54) is 80.2 Å². The zero-order valence-electron chi connectivity index (χ0n) is 19.1. The summed E-state index contributed by atoms with van der Waals surface area (Å²) in [6, 6.07) is 10.8. The molecule has 0 amide bonds. The van der Waals surface area contributed by atoms with Crippen LogP contribution >= 0.6 is 23.7 Å². The number of ketones is 1. The maximum absolute atomic E-state index is 12.9. The Morgan fingerprint density at radius 2 is 1.72 bits per heavy atom. The number of halogens is 1. The summed E-state index contributed by atoms with van der Waals surface area (Å²) in [6.45, 7) is 3.59. The van der Waals surface area contributed by atoms with Gasteiger partial charge >= 0.3 is 0 Å². The summed E-state index contributed by atoms with van der Waals surface area (Å²) < 4.78 is 0. The van der Waals surface area contributed by atoms with Crippen molar-refractivity contribution in [3.63, 3.8) is 0 Å². The number of benzene rings is 1. The highest BCUT2D eigenvalue weighted by atomic mass is 35.5. The highest BCUT2D eigenvalue weighted by Gasteiger charge is 2.27. The van der Waals surface area contributed by atoms with E-state index in [0.717, 1.165) is 36.7 Å². The average Bonchev–Trinajstić information content (AvgIpc) is 3.25. The molecule has 1 aromatic heterocycles. The van der Waals surface area contributed by atoms with E-state index in [-0.39, 0.29) is 18.2 Å². The molecule has 0 bridgehead atoms. The molecule has 2 nitrogen and oxygen atoms in total. The minimum atomic E-state index is 0. The molecule has 1 aliphatic heterocycles. The Morgan fingerprint density at radius 3 is 2.53 bits per heavy atom. The molecular weight excluding hydrogens is 434 g/mol. The monoisotopic (exact) mass is 469 g/mol. The van der Waals surface area contributed by atoms with Crippen molar-refractivity contribution < 1.29 is 4.79 Å². The van der Waals surface area contributed by atoms with Crippen LogP contribution in [0.5, 0.6) is 0 Å². The van der Waals surface area contributed by atoms with Gasteiger partial charge in [-0.2, -0.15) is 0 Å². The SMILES string of the molecule is Cl.O=C1Cc2ccccc2C(=C2CCN(CCCCC3CCCCC3)CC2)c2ccsc21. The summed E-state index contributed by atoms with van der Waals surface area (Å²) in [7, 11) is 0. The first-order valence-corrected chi connectivity index (χ1v) is 13.3. The maximum Gasteiger partial charge on any atom is 0.177 e. The molecule has 2 fully saturated rings. The van der Waals surface area contributed by atoms with Gasteiger partial charge in [-0.05, 0) is 59.9 Å². The van der Waals surface area contributed by atoms with Crippen molar-refractivity contribution in [2.75, 3.05) is 19.6 Å². The molecule has 1 saturated carbocycles. The highest BCUT2D eigenvalue weighted by molar-refractivity contribution is 7.12. The molecule has 1 aromatic carbocycles. The van der Waals surface area contributed by atoms with Gasteiger partial charge in [-0.1, -0.05) is 74.8 Å². The van der Waals surface area contributed by atoms with E-state index in [1.807, 2.05) is 0 Å². The van der Waals surface area contributed by atoms with Crippen LogP contribution in [0, 0.1) is 5.92 Å². The maximum atomic E-state index is 12.9. The first-order chi connectivity index (χ1) is 15.3. The van der Waals surface area contributed by atoms with Crippen molar-refractivity contribution in [2.45, 2.75) is 70.6 Å². The number of carbonyl (C=O) groups is 1. The lowest BCUT2D eigenvalue weighted by atomic mass is 9.85. The Labute approximate surface area is 203 Å². The molecule has 2 aromatic rings. The molecule has 4 heteroatoms. The van der Waals surface area contributed by atoms with Gasteiger partial charge in [0.15, 0.2) is 5.78 Å². The lowest BCUT2D eigenvalue weighted by molar-refractivity contribution is 0.0997. The van der Waals surface area contributed by atoms with Crippen LogP contribution in [0.2, 0.25) is 0 Å². The average molecular weight is 470 g/mol. The zero-order valence-corrected chi connectivity index (χ0v) is 20.7. The standard InChI is InChI=1S/C28H35NOS.ClH/c30-26-20-23-11-4-5-12-24(23)27(25-15-19-31-28(25)26)22-13-17-29(18-14-22)16-7-6-10-21-8-2-1-3-9-21;/h4-5,11-12,15,19,21H,1-3,6-10,13-14,16-18,20H2;1H. The minimum absolute atomic E-state index is 0. The van der Waals surface area contributed by atoms with Crippen molar-refractivity contribution in [3.05, 3.63) is 62.9 Å². The first-order valence-electron chi connectivity index (χ1n) is 12.4. The van der Waals surface area contributed by atoms with Gasteiger partial charge in [-0.25, -0.2) is 0 Å². The third kappa shape index (κ3) is 5.21. The second-order valence-corrected chi connectivity index (χ2v) is 10.7. The summed E-state index contributed by atoms with van der Waals surface area (Å²) in [5, 5.41) is 2.10. The molecular formula is C28H36ClNOS. The van der Waals surface area contributed by atoms with Gasteiger partial charge in [-0.15, -0.1) is 23.7 Å². The molecule has 2 heterocycles. The Morgan fingerprint density at radius 1 is 0.938 bits per heavy atom. The number of fused-ring (bicyclic) bond motifs is 2. The van der Waals surface area contributed by atoms with Gasteiger partial charge in [0.25, 0.3) is 0 Å². The quantitative estimate of drug-likeness (QED) is 0.421. The number of hydrogen-bond donors (Lipinski definition) is 0. The van der Waals surface area contributed by atoms with E-state index in [0.29, 0.717) is 6.42 Å². The van der Waals surface area contributed by atoms with Gasteiger partial charge < -0.3 is 4.90 Å². The van der Waals surface area contributed by atoms with Crippen molar-refractivity contribution >= 4 is 35.1 Å². The number of hydrogen-bond acceptors (Lipinski definition) is 3. The molecule has 0 unspecified atom stereocenters. The summed E-state index contributed by atoms with van der Waals surface area (Å²) in [6.07, 6.45) is 14.4. The van der Waals surface area contributed by atoms with E-state index in [1.54, 1.807) is 16.9 Å². The van der Waals surface area contributed by atoms with Crippen LogP contribution in [0.25, 0.3) is 5.57 Å². The molecule has 1 saturated heterocycles. The van der Waals surface area contributed by atoms with Crippen LogP contribution in [0.3, 0.4) is 0 Å². The fourth-order valence-electron chi connectivity index (χ4n) is 5.96. The lowest BCUT2D eigenvalue weighted by Gasteiger charge is -2.30. The molecule has 0 atom stereocenters. The van der Waals surface area contributed by atoms with Crippen LogP contribution in [-0.2, 0) is 6.42 Å². The zero-order chi connectivity index (χ0) is 21.0. The largest absolute Gasteiger partial charge is 0.303 e. The van der Waals surface area contributed by atoms with Gasteiger partial charge in [0.2, 0.25) is 0 Å². The van der Waals surface area contributed by atoms with Crippen molar-refractivity contribution in [1.29, 1.82) is 0 Å².